The van der Waals surface area contributed by atoms with Gasteiger partial charge in [-0.1, -0.05) is 29.8 Å². The molecule has 10 nitrogen and oxygen atoms in total. The molecule has 0 atom stereocenters. The third-order valence-electron chi connectivity index (χ3n) is 5.85. The molecule has 1 N–H and O–H groups in total. The molecule has 3 aromatic carbocycles. The largest absolute Gasteiger partial charge is 0.490 e. The average molecular weight is 562 g/mol. The molecule has 0 aromatic heterocycles. The Hall–Kier alpha value is -4.96. The van der Waals surface area contributed by atoms with Gasteiger partial charge in [0.2, 0.25) is 0 Å². The van der Waals surface area contributed by atoms with E-state index in [0.717, 1.165) is 22.6 Å². The van der Waals surface area contributed by atoms with Crippen LogP contribution in [-0.2, 0) is 22.6 Å². The van der Waals surface area contributed by atoms with Crippen LogP contribution in [0.4, 0.5) is 16.2 Å². The van der Waals surface area contributed by atoms with Crippen LogP contribution in [0.5, 0.6) is 11.5 Å². The number of halogens is 1. The fourth-order valence-electron chi connectivity index (χ4n) is 4.02. The van der Waals surface area contributed by atoms with Crippen LogP contribution < -0.4 is 19.7 Å². The number of hydrogen-bond donors (Lipinski definition) is 1. The van der Waals surface area contributed by atoms with Crippen LogP contribution in [0, 0.1) is 10.1 Å². The van der Waals surface area contributed by atoms with Crippen molar-refractivity contribution >= 4 is 46.9 Å². The minimum atomic E-state index is -0.964. The molecule has 204 valence electrons. The monoisotopic (exact) mass is 561 g/mol. The molecule has 4 rings (SSSR count). The predicted molar refractivity (Wildman–Crippen MR) is 149 cm³/mol. The maximum absolute atomic E-state index is 13.3. The van der Waals surface area contributed by atoms with Crippen LogP contribution in [0.3, 0.4) is 0 Å². The molecule has 0 unspecified atom stereocenters. The van der Waals surface area contributed by atoms with Crippen LogP contribution in [0.2, 0.25) is 5.02 Å². The van der Waals surface area contributed by atoms with Crippen LogP contribution in [-0.4, -0.2) is 29.4 Å². The number of allylic oxidation sites excluding steroid dienone is 1. The van der Waals surface area contributed by atoms with Crippen molar-refractivity contribution in [3.63, 3.8) is 0 Å². The SMILES string of the molecule is C=CCc1cc(/C=C2\C(=O)NC(=O)N(c3ccc([N+](=O)[O-])cc3)C2=O)cc(OCC)c1OCc1ccc(Cl)cc1. The van der Waals surface area contributed by atoms with Gasteiger partial charge in [0.15, 0.2) is 11.5 Å². The maximum Gasteiger partial charge on any atom is 0.335 e. The molecule has 11 heteroatoms. The molecule has 0 saturated carbocycles. The van der Waals surface area contributed by atoms with Crippen LogP contribution in [0.15, 0.2) is 78.9 Å². The smallest absolute Gasteiger partial charge is 0.335 e. The zero-order valence-corrected chi connectivity index (χ0v) is 22.1. The summed E-state index contributed by atoms with van der Waals surface area (Å²) in [5, 5.41) is 13.7. The van der Waals surface area contributed by atoms with Crippen molar-refractivity contribution in [2.75, 3.05) is 11.5 Å². The highest BCUT2D eigenvalue weighted by molar-refractivity contribution is 6.39. The molecule has 0 radical (unpaired) electrons. The topological polar surface area (TPSA) is 128 Å². The second-order valence-electron chi connectivity index (χ2n) is 8.58. The Kier molecular flexibility index (Phi) is 8.60. The highest BCUT2D eigenvalue weighted by atomic mass is 35.5. The Morgan fingerprint density at radius 1 is 1.05 bits per heavy atom. The van der Waals surface area contributed by atoms with E-state index in [-0.39, 0.29) is 23.6 Å². The minimum Gasteiger partial charge on any atom is -0.490 e. The van der Waals surface area contributed by atoms with Gasteiger partial charge in [-0.2, -0.15) is 0 Å². The Morgan fingerprint density at radius 3 is 2.38 bits per heavy atom. The summed E-state index contributed by atoms with van der Waals surface area (Å²) in [5.41, 5.74) is 1.60. The molecular formula is C29H24ClN3O7. The summed E-state index contributed by atoms with van der Waals surface area (Å²) in [6, 6.07) is 14.5. The van der Waals surface area contributed by atoms with Gasteiger partial charge < -0.3 is 9.47 Å². The zero-order valence-electron chi connectivity index (χ0n) is 21.4. The van der Waals surface area contributed by atoms with Crippen LogP contribution in [0.1, 0.15) is 23.6 Å². The Labute approximate surface area is 234 Å². The Balaban J connectivity index is 1.70. The van der Waals surface area contributed by atoms with Gasteiger partial charge in [0.25, 0.3) is 17.5 Å². The molecule has 1 aliphatic rings. The van der Waals surface area contributed by atoms with E-state index in [2.05, 4.69) is 11.9 Å². The second kappa shape index (κ2) is 12.3. The number of nitro benzene ring substituents is 1. The van der Waals surface area contributed by atoms with Gasteiger partial charge in [0.1, 0.15) is 12.2 Å². The van der Waals surface area contributed by atoms with E-state index in [0.29, 0.717) is 40.7 Å². The molecule has 0 aliphatic carbocycles. The average Bonchev–Trinajstić information content (AvgIpc) is 2.92. The van der Waals surface area contributed by atoms with Crippen molar-refractivity contribution < 1.29 is 28.8 Å². The lowest BCUT2D eigenvalue weighted by Gasteiger charge is -2.26. The van der Waals surface area contributed by atoms with Crippen LogP contribution >= 0.6 is 11.6 Å². The first-order chi connectivity index (χ1) is 19.2. The van der Waals surface area contributed by atoms with Crippen LogP contribution in [0.25, 0.3) is 6.08 Å². The standard InChI is InChI=1S/C29H24ClN3O7/c1-3-5-20-14-19(16-25(39-4-2)26(20)40-17-18-6-8-21(30)9-7-18)15-24-27(34)31-29(36)32(28(24)35)22-10-12-23(13-11-22)33(37)38/h3,6-16H,1,4-5,17H2,2H3,(H,31,34,36)/b24-15+. The molecular weight excluding hydrogens is 538 g/mol. The molecule has 40 heavy (non-hydrogen) atoms. The third kappa shape index (κ3) is 6.19. The predicted octanol–water partition coefficient (Wildman–Crippen LogP) is 5.62. The third-order valence-corrected chi connectivity index (χ3v) is 6.10. The van der Waals surface area contributed by atoms with Gasteiger partial charge in [-0.15, -0.1) is 6.58 Å². The Morgan fingerprint density at radius 2 is 1.75 bits per heavy atom. The molecule has 1 fully saturated rings. The van der Waals surface area contributed by atoms with Crippen molar-refractivity contribution in [3.8, 4) is 11.5 Å². The highest BCUT2D eigenvalue weighted by Crippen LogP contribution is 2.36. The van der Waals surface area contributed by atoms with Gasteiger partial charge in [-0.05, 0) is 66.9 Å². The van der Waals surface area contributed by atoms with Crippen molar-refractivity contribution in [1.29, 1.82) is 0 Å². The maximum atomic E-state index is 13.3. The summed E-state index contributed by atoms with van der Waals surface area (Å²) >= 11 is 5.97. The number of ether oxygens (including phenoxy) is 2. The first-order valence-corrected chi connectivity index (χ1v) is 12.5. The van der Waals surface area contributed by atoms with E-state index < -0.39 is 22.8 Å². The summed E-state index contributed by atoms with van der Waals surface area (Å²) in [4.78, 5) is 49.6. The number of benzene rings is 3. The number of carbonyl (C=O) groups is 3. The number of imide groups is 2. The number of hydrogen-bond acceptors (Lipinski definition) is 7. The van der Waals surface area contributed by atoms with E-state index >= 15 is 0 Å². The first kappa shape index (κ1) is 28.1. The van der Waals surface area contributed by atoms with Crippen molar-refractivity contribution in [3.05, 3.63) is 111 Å². The summed E-state index contributed by atoms with van der Waals surface area (Å²) in [7, 11) is 0. The molecule has 3 aromatic rings. The van der Waals surface area contributed by atoms with E-state index in [1.807, 2.05) is 19.1 Å². The van der Waals surface area contributed by atoms with Gasteiger partial charge in [-0.25, -0.2) is 9.69 Å². The second-order valence-corrected chi connectivity index (χ2v) is 9.02. The number of nitro groups is 1. The fourth-order valence-corrected chi connectivity index (χ4v) is 4.14. The number of barbiturate groups is 1. The number of nitrogens with zero attached hydrogens (tertiary/aromatic N) is 2. The van der Waals surface area contributed by atoms with Gasteiger partial charge in [0.05, 0.1) is 17.2 Å². The lowest BCUT2D eigenvalue weighted by atomic mass is 10.0. The van der Waals surface area contributed by atoms with E-state index in [4.69, 9.17) is 21.1 Å². The lowest BCUT2D eigenvalue weighted by molar-refractivity contribution is -0.384. The highest BCUT2D eigenvalue weighted by Gasteiger charge is 2.37. The van der Waals surface area contributed by atoms with Crippen molar-refractivity contribution in [2.45, 2.75) is 20.0 Å². The quantitative estimate of drug-likeness (QED) is 0.112. The minimum absolute atomic E-state index is 0.0693. The fraction of sp³-hybridized carbons (Fsp3) is 0.138. The zero-order chi connectivity index (χ0) is 28.8. The van der Waals surface area contributed by atoms with Gasteiger partial charge >= 0.3 is 6.03 Å². The number of amides is 4. The van der Waals surface area contributed by atoms with E-state index in [1.54, 1.807) is 30.3 Å². The van der Waals surface area contributed by atoms with Crippen molar-refractivity contribution in [1.82, 2.24) is 5.32 Å². The Bertz CT molecular complexity index is 1520. The van der Waals surface area contributed by atoms with Gasteiger partial charge in [-0.3, -0.25) is 25.0 Å². The summed E-state index contributed by atoms with van der Waals surface area (Å²) in [6.45, 7) is 6.19. The summed E-state index contributed by atoms with van der Waals surface area (Å²) < 4.78 is 12.0. The normalized spacial score (nSPS) is 14.2. The van der Waals surface area contributed by atoms with Gasteiger partial charge in [0, 0.05) is 22.7 Å². The number of rotatable bonds is 10. The van der Waals surface area contributed by atoms with E-state index in [9.17, 15) is 24.5 Å². The first-order valence-electron chi connectivity index (χ1n) is 12.2. The van der Waals surface area contributed by atoms with E-state index in [1.165, 1.54) is 18.2 Å². The number of urea groups is 1. The lowest BCUT2D eigenvalue weighted by Crippen LogP contribution is -2.54. The summed E-state index contributed by atoms with van der Waals surface area (Å²) in [5.74, 6) is -0.871. The molecule has 0 spiro atoms. The molecule has 1 saturated heterocycles. The number of nitrogens with one attached hydrogen (secondary N) is 1. The number of anilines is 1. The molecule has 4 amide bonds. The van der Waals surface area contributed by atoms with Crippen molar-refractivity contribution in [2.24, 2.45) is 0 Å². The molecule has 1 aliphatic heterocycles. The summed E-state index contributed by atoms with van der Waals surface area (Å²) in [6.07, 6.45) is 3.44. The molecule has 0 bridgehead atoms. The number of carbonyl (C=O) groups excluding carboxylic acids is 3. The molecule has 1 heterocycles. The number of non-ortho nitro benzene ring substituents is 1.